The highest BCUT2D eigenvalue weighted by Gasteiger charge is 2.47. The van der Waals surface area contributed by atoms with Crippen LogP contribution >= 0.6 is 7.82 Å². The number of aliphatic carboxylic acids is 1. The number of carboxylic acids is 1. The maximum absolute atomic E-state index is 11.6. The van der Waals surface area contributed by atoms with E-state index >= 15 is 0 Å². The van der Waals surface area contributed by atoms with Crippen LogP contribution in [-0.2, 0) is 27.7 Å². The fourth-order valence-electron chi connectivity index (χ4n) is 1.64. The van der Waals surface area contributed by atoms with Crippen molar-refractivity contribution in [2.75, 3.05) is 20.8 Å². The van der Waals surface area contributed by atoms with Gasteiger partial charge in [-0.1, -0.05) is 0 Å². The van der Waals surface area contributed by atoms with Gasteiger partial charge in [-0.3, -0.25) is 13.6 Å². The summed E-state index contributed by atoms with van der Waals surface area (Å²) in [5, 5.41) is 37.5. The van der Waals surface area contributed by atoms with Crippen molar-refractivity contribution >= 4 is 13.8 Å². The largest absolute Gasteiger partial charge is 0.479 e. The highest BCUT2D eigenvalue weighted by atomic mass is 31.2. The third-order valence-corrected chi connectivity index (χ3v) is 4.16. The van der Waals surface area contributed by atoms with Gasteiger partial charge in [0.1, 0.15) is 24.4 Å². The molecule has 20 heavy (non-hydrogen) atoms. The molecule has 2 unspecified atom stereocenters. The predicted molar refractivity (Wildman–Crippen MR) is 61.9 cm³/mol. The Hall–Kier alpha value is -0.580. The normalized spacial score (nSPS) is 35.0. The molecule has 5 atom stereocenters. The maximum Gasteiger partial charge on any atom is 0.474 e. The van der Waals surface area contributed by atoms with Crippen molar-refractivity contribution in [3.05, 3.63) is 0 Å². The Morgan fingerprint density at radius 2 is 1.70 bits per heavy atom. The van der Waals surface area contributed by atoms with E-state index in [1.165, 1.54) is 0 Å². The first-order valence-corrected chi connectivity index (χ1v) is 7.00. The van der Waals surface area contributed by atoms with E-state index < -0.39 is 50.9 Å². The second-order valence-corrected chi connectivity index (χ2v) is 5.90. The molecular weight excluding hydrogens is 299 g/mol. The van der Waals surface area contributed by atoms with Crippen molar-refractivity contribution in [1.82, 2.24) is 0 Å². The van der Waals surface area contributed by atoms with E-state index in [-0.39, 0.29) is 0 Å². The molecule has 0 amide bonds. The van der Waals surface area contributed by atoms with Crippen molar-refractivity contribution in [3.63, 3.8) is 0 Å². The minimum Gasteiger partial charge on any atom is -0.479 e. The van der Waals surface area contributed by atoms with Crippen LogP contribution in [0.4, 0.5) is 0 Å². The molecule has 4 N–H and O–H groups in total. The van der Waals surface area contributed by atoms with Gasteiger partial charge in [-0.15, -0.1) is 0 Å². The van der Waals surface area contributed by atoms with Crippen LogP contribution in [0.15, 0.2) is 0 Å². The number of phosphoric acid groups is 1. The number of carboxylic acid groups (broad SMARTS) is 1. The van der Waals surface area contributed by atoms with Gasteiger partial charge >= 0.3 is 13.8 Å². The Morgan fingerprint density at radius 3 is 2.15 bits per heavy atom. The van der Waals surface area contributed by atoms with Crippen molar-refractivity contribution in [2.24, 2.45) is 0 Å². The molecular formula is C9H17O10P. The van der Waals surface area contributed by atoms with Crippen molar-refractivity contribution in [2.45, 2.75) is 30.5 Å². The summed E-state index contributed by atoms with van der Waals surface area (Å²) >= 11 is 0. The average molecular weight is 316 g/mol. The zero-order valence-electron chi connectivity index (χ0n) is 10.8. The molecule has 1 rings (SSSR count). The molecule has 0 aromatic rings. The number of ether oxygens (including phenoxy) is 1. The minimum absolute atomic E-state index is 0.562. The van der Waals surface area contributed by atoms with Crippen LogP contribution in [0.1, 0.15) is 0 Å². The average Bonchev–Trinajstić information content (AvgIpc) is 2.43. The first-order chi connectivity index (χ1) is 9.25. The lowest BCUT2D eigenvalue weighted by Gasteiger charge is -2.38. The van der Waals surface area contributed by atoms with E-state index in [1.807, 2.05) is 0 Å². The second-order valence-electron chi connectivity index (χ2n) is 4.01. The molecule has 0 spiro atoms. The topological polar surface area (TPSA) is 152 Å². The molecule has 11 heteroatoms. The summed E-state index contributed by atoms with van der Waals surface area (Å²) in [4.78, 5) is 10.9. The summed E-state index contributed by atoms with van der Waals surface area (Å²) in [6.07, 6.45) is -8.24. The highest BCUT2D eigenvalue weighted by molar-refractivity contribution is 7.48. The van der Waals surface area contributed by atoms with Crippen LogP contribution in [0.3, 0.4) is 0 Å². The van der Waals surface area contributed by atoms with E-state index in [0.29, 0.717) is 0 Å². The Labute approximate surface area is 114 Å². The lowest BCUT2D eigenvalue weighted by atomic mass is 9.95. The smallest absolute Gasteiger partial charge is 0.474 e. The molecule has 1 saturated heterocycles. The summed E-state index contributed by atoms with van der Waals surface area (Å²) in [6.45, 7) is -0.562. The maximum atomic E-state index is 11.6. The summed E-state index contributed by atoms with van der Waals surface area (Å²) in [7, 11) is -1.69. The van der Waals surface area contributed by atoms with Gasteiger partial charge < -0.3 is 25.2 Å². The van der Waals surface area contributed by atoms with Crippen molar-refractivity contribution < 1.29 is 48.1 Å². The quantitative estimate of drug-likeness (QED) is 0.419. The van der Waals surface area contributed by atoms with Crippen LogP contribution in [0.2, 0.25) is 0 Å². The van der Waals surface area contributed by atoms with Crippen LogP contribution in [0, 0.1) is 0 Å². The molecule has 1 fully saturated rings. The van der Waals surface area contributed by atoms with E-state index in [2.05, 4.69) is 9.05 Å². The summed E-state index contributed by atoms with van der Waals surface area (Å²) in [6, 6.07) is 0. The molecule has 10 nitrogen and oxygen atoms in total. The van der Waals surface area contributed by atoms with Gasteiger partial charge in [-0.2, -0.15) is 0 Å². The number of phosphoric ester groups is 1. The molecule has 1 aliphatic heterocycles. The predicted octanol–water partition coefficient (Wildman–Crippen LogP) is -1.66. The lowest BCUT2D eigenvalue weighted by molar-refractivity contribution is -0.232. The highest BCUT2D eigenvalue weighted by Crippen LogP contribution is 2.47. The van der Waals surface area contributed by atoms with Crippen LogP contribution < -0.4 is 0 Å². The van der Waals surface area contributed by atoms with E-state index in [4.69, 9.17) is 14.4 Å². The fraction of sp³-hybridized carbons (Fsp3) is 0.889. The van der Waals surface area contributed by atoms with Gasteiger partial charge in [0.15, 0.2) is 6.10 Å². The molecule has 1 heterocycles. The zero-order valence-corrected chi connectivity index (χ0v) is 11.7. The Morgan fingerprint density at radius 1 is 1.15 bits per heavy atom. The number of hydrogen-bond donors (Lipinski definition) is 4. The summed E-state index contributed by atoms with van der Waals surface area (Å²) < 4.78 is 30.3. The third-order valence-electron chi connectivity index (χ3n) is 2.80. The number of rotatable bonds is 6. The van der Waals surface area contributed by atoms with Gasteiger partial charge in [0.2, 0.25) is 0 Å². The zero-order chi connectivity index (χ0) is 15.5. The van der Waals surface area contributed by atoms with Crippen LogP contribution in [0.5, 0.6) is 0 Å². The van der Waals surface area contributed by atoms with Gasteiger partial charge in [0, 0.05) is 14.2 Å². The Bertz CT molecular complexity index is 379. The van der Waals surface area contributed by atoms with E-state index in [1.54, 1.807) is 0 Å². The third kappa shape index (κ3) is 3.74. The Balaban J connectivity index is 2.74. The molecule has 0 aromatic carbocycles. The summed E-state index contributed by atoms with van der Waals surface area (Å²) in [5.41, 5.74) is 0. The number of aliphatic hydroxyl groups is 3. The number of aliphatic hydroxyl groups excluding tert-OH is 3. The molecule has 1 aliphatic rings. The van der Waals surface area contributed by atoms with Gasteiger partial charge in [0.25, 0.3) is 0 Å². The SMILES string of the molecule is COP(=O)(OC)OCC1O[C@@H](C(=O)O)C(O)[C@@H](O)[C@H]1O. The summed E-state index contributed by atoms with van der Waals surface area (Å²) in [5.74, 6) is -1.52. The van der Waals surface area contributed by atoms with Gasteiger partial charge in [0.05, 0.1) is 6.61 Å². The van der Waals surface area contributed by atoms with Crippen molar-refractivity contribution in [3.8, 4) is 0 Å². The lowest BCUT2D eigenvalue weighted by Crippen LogP contribution is -2.60. The molecule has 0 saturated carbocycles. The standard InChI is InChI=1S/C9H17O10P/c1-16-20(15,17-2)18-3-4-5(10)6(11)7(12)8(19-4)9(13)14/h4-8,10-12H,3H2,1-2H3,(H,13,14)/t4?,5-,6-,7?,8+/m0/s1. The first kappa shape index (κ1) is 17.5. The van der Waals surface area contributed by atoms with Gasteiger partial charge in [-0.05, 0) is 0 Å². The fourth-order valence-corrected chi connectivity index (χ4v) is 2.33. The number of carbonyl (C=O) groups is 1. The first-order valence-electron chi connectivity index (χ1n) is 5.54. The molecule has 0 aliphatic carbocycles. The Kier molecular flexibility index (Phi) is 6.05. The minimum atomic E-state index is -3.84. The monoisotopic (exact) mass is 316 g/mol. The second kappa shape index (κ2) is 6.92. The number of hydrogen-bond acceptors (Lipinski definition) is 9. The van der Waals surface area contributed by atoms with Crippen LogP contribution in [0.25, 0.3) is 0 Å². The molecule has 0 radical (unpaired) electrons. The van der Waals surface area contributed by atoms with Gasteiger partial charge in [-0.25, -0.2) is 9.36 Å². The van der Waals surface area contributed by atoms with E-state index in [0.717, 1.165) is 14.2 Å². The van der Waals surface area contributed by atoms with E-state index in [9.17, 15) is 24.7 Å². The van der Waals surface area contributed by atoms with Crippen LogP contribution in [-0.4, -0.2) is 77.7 Å². The van der Waals surface area contributed by atoms with Crippen molar-refractivity contribution in [1.29, 1.82) is 0 Å². The molecule has 0 aromatic heterocycles. The molecule has 118 valence electrons. The molecule has 0 bridgehead atoms.